The van der Waals surface area contributed by atoms with Gasteiger partial charge < -0.3 is 20.3 Å². The topological polar surface area (TPSA) is 87.7 Å². The number of piperidine rings is 1. The molecule has 0 bridgehead atoms. The van der Waals surface area contributed by atoms with Gasteiger partial charge in [0.2, 0.25) is 5.91 Å². The van der Waals surface area contributed by atoms with Gasteiger partial charge in [-0.05, 0) is 56.7 Å². The van der Waals surface area contributed by atoms with Gasteiger partial charge in [0.1, 0.15) is 6.10 Å². The lowest BCUT2D eigenvalue weighted by Gasteiger charge is -2.32. The van der Waals surface area contributed by atoms with Crippen LogP contribution in [0.15, 0.2) is 24.3 Å². The molecule has 2 heterocycles. The van der Waals surface area contributed by atoms with Crippen LogP contribution in [-0.4, -0.2) is 54.5 Å². The third-order valence-corrected chi connectivity index (χ3v) is 5.68. The molecular formula is C21H27N3O4. The molecule has 1 unspecified atom stereocenters. The van der Waals surface area contributed by atoms with Gasteiger partial charge in [-0.25, -0.2) is 0 Å². The lowest BCUT2D eigenvalue weighted by molar-refractivity contribution is -0.125. The molecule has 0 radical (unpaired) electrons. The zero-order valence-corrected chi connectivity index (χ0v) is 16.0. The van der Waals surface area contributed by atoms with E-state index in [0.717, 1.165) is 38.5 Å². The number of benzene rings is 1. The fourth-order valence-corrected chi connectivity index (χ4v) is 3.81. The van der Waals surface area contributed by atoms with Crippen molar-refractivity contribution in [2.24, 2.45) is 5.92 Å². The average molecular weight is 385 g/mol. The van der Waals surface area contributed by atoms with Crippen molar-refractivity contribution >= 4 is 23.4 Å². The van der Waals surface area contributed by atoms with Crippen molar-refractivity contribution in [1.82, 2.24) is 10.2 Å². The molecule has 1 aromatic carbocycles. The van der Waals surface area contributed by atoms with Gasteiger partial charge in [0.25, 0.3) is 11.8 Å². The van der Waals surface area contributed by atoms with E-state index in [-0.39, 0.29) is 29.7 Å². The Morgan fingerprint density at radius 2 is 1.79 bits per heavy atom. The summed E-state index contributed by atoms with van der Waals surface area (Å²) in [4.78, 5) is 38.8. The van der Waals surface area contributed by atoms with Crippen LogP contribution in [0.25, 0.3) is 0 Å². The summed E-state index contributed by atoms with van der Waals surface area (Å²) in [5, 5.41) is 5.95. The first-order valence-electron chi connectivity index (χ1n) is 10.2. The van der Waals surface area contributed by atoms with Crippen molar-refractivity contribution in [3.05, 3.63) is 29.8 Å². The molecule has 0 aromatic heterocycles. The monoisotopic (exact) mass is 385 g/mol. The molecule has 1 atom stereocenters. The first-order valence-corrected chi connectivity index (χ1v) is 10.2. The van der Waals surface area contributed by atoms with E-state index in [1.165, 1.54) is 0 Å². The lowest BCUT2D eigenvalue weighted by atomic mass is 10.0. The Labute approximate surface area is 164 Å². The van der Waals surface area contributed by atoms with Gasteiger partial charge in [0, 0.05) is 42.9 Å². The third kappa shape index (κ3) is 4.52. The van der Waals surface area contributed by atoms with Crippen LogP contribution in [-0.2, 0) is 14.3 Å². The van der Waals surface area contributed by atoms with Crippen LogP contribution < -0.4 is 10.6 Å². The molecule has 1 aliphatic carbocycles. The predicted molar refractivity (Wildman–Crippen MR) is 104 cm³/mol. The largest absolute Gasteiger partial charge is 0.368 e. The van der Waals surface area contributed by atoms with Crippen molar-refractivity contribution in [1.29, 1.82) is 0 Å². The first-order chi connectivity index (χ1) is 13.6. The van der Waals surface area contributed by atoms with Gasteiger partial charge in [0.05, 0.1) is 0 Å². The van der Waals surface area contributed by atoms with Crippen molar-refractivity contribution in [3.8, 4) is 0 Å². The Kier molecular flexibility index (Phi) is 5.62. The number of amides is 3. The molecular weight excluding hydrogens is 358 g/mol. The van der Waals surface area contributed by atoms with E-state index < -0.39 is 6.10 Å². The van der Waals surface area contributed by atoms with Crippen LogP contribution in [0, 0.1) is 5.92 Å². The van der Waals surface area contributed by atoms with E-state index in [1.54, 1.807) is 24.3 Å². The molecule has 2 aliphatic heterocycles. The summed E-state index contributed by atoms with van der Waals surface area (Å²) in [7, 11) is 0. The van der Waals surface area contributed by atoms with Gasteiger partial charge in [0.15, 0.2) is 0 Å². The second kappa shape index (κ2) is 8.31. The SMILES string of the molecule is O=C(NC1CCN(C(=O)c2cccc(NC(=O)C3CCCO3)c2)CC1)C1CC1. The number of nitrogens with zero attached hydrogens (tertiary/aromatic N) is 1. The normalized spacial score (nSPS) is 22.7. The number of ether oxygens (including phenoxy) is 1. The standard InChI is InChI=1S/C21H27N3O4/c25-19(14-6-7-14)22-16-8-10-24(11-9-16)21(27)15-3-1-4-17(13-15)23-20(26)18-5-2-12-28-18/h1,3-4,13-14,16,18H,2,5-12H2,(H,22,25)(H,23,26). The molecule has 2 saturated heterocycles. The van der Waals surface area contributed by atoms with Crippen LogP contribution in [0.2, 0.25) is 0 Å². The van der Waals surface area contributed by atoms with Gasteiger partial charge in [-0.3, -0.25) is 14.4 Å². The van der Waals surface area contributed by atoms with Crippen molar-refractivity contribution in [2.75, 3.05) is 25.0 Å². The Balaban J connectivity index is 1.30. The number of nitrogens with one attached hydrogen (secondary N) is 2. The summed E-state index contributed by atoms with van der Waals surface area (Å²) in [6.07, 6.45) is 4.79. The zero-order valence-electron chi connectivity index (χ0n) is 16.0. The molecule has 3 fully saturated rings. The molecule has 28 heavy (non-hydrogen) atoms. The number of hydrogen-bond donors (Lipinski definition) is 2. The van der Waals surface area contributed by atoms with Crippen LogP contribution in [0.4, 0.5) is 5.69 Å². The summed E-state index contributed by atoms with van der Waals surface area (Å²) < 4.78 is 5.40. The molecule has 1 aromatic rings. The highest BCUT2D eigenvalue weighted by Crippen LogP contribution is 2.29. The van der Waals surface area contributed by atoms with Crippen LogP contribution >= 0.6 is 0 Å². The summed E-state index contributed by atoms with van der Waals surface area (Å²) in [6, 6.07) is 7.21. The molecule has 4 rings (SSSR count). The second-order valence-electron chi connectivity index (χ2n) is 7.92. The first kappa shape index (κ1) is 18.9. The summed E-state index contributed by atoms with van der Waals surface area (Å²) in [5.41, 5.74) is 1.17. The summed E-state index contributed by atoms with van der Waals surface area (Å²) in [6.45, 7) is 1.87. The molecule has 150 valence electrons. The fourth-order valence-electron chi connectivity index (χ4n) is 3.81. The van der Waals surface area contributed by atoms with Crippen molar-refractivity contribution in [3.63, 3.8) is 0 Å². The van der Waals surface area contributed by atoms with E-state index in [1.807, 2.05) is 4.90 Å². The number of carbonyl (C=O) groups is 3. The average Bonchev–Trinajstić information content (AvgIpc) is 3.42. The van der Waals surface area contributed by atoms with Gasteiger partial charge in [-0.2, -0.15) is 0 Å². The Morgan fingerprint density at radius 1 is 1.00 bits per heavy atom. The Bertz CT molecular complexity index is 748. The second-order valence-corrected chi connectivity index (χ2v) is 7.92. The van der Waals surface area contributed by atoms with Crippen LogP contribution in [0.3, 0.4) is 0 Å². The lowest BCUT2D eigenvalue weighted by Crippen LogP contribution is -2.46. The summed E-state index contributed by atoms with van der Waals surface area (Å²) in [5.74, 6) is 0.182. The van der Waals surface area contributed by atoms with E-state index in [4.69, 9.17) is 4.74 Å². The maximum atomic E-state index is 12.8. The molecule has 2 N–H and O–H groups in total. The molecule has 7 heteroatoms. The number of anilines is 1. The van der Waals surface area contributed by atoms with Crippen molar-refractivity contribution < 1.29 is 19.1 Å². The minimum absolute atomic E-state index is 0.0415. The molecule has 7 nitrogen and oxygen atoms in total. The highest BCUT2D eigenvalue weighted by molar-refractivity contribution is 5.98. The van der Waals surface area contributed by atoms with Crippen molar-refractivity contribution in [2.45, 2.75) is 50.7 Å². The summed E-state index contributed by atoms with van der Waals surface area (Å²) >= 11 is 0. The van der Waals surface area contributed by atoms with Crippen LogP contribution in [0.5, 0.6) is 0 Å². The van der Waals surface area contributed by atoms with Gasteiger partial charge in [-0.15, -0.1) is 0 Å². The maximum absolute atomic E-state index is 12.8. The minimum atomic E-state index is -0.399. The predicted octanol–water partition coefficient (Wildman–Crippen LogP) is 1.93. The fraction of sp³-hybridized carbons (Fsp3) is 0.571. The third-order valence-electron chi connectivity index (χ3n) is 5.68. The number of carbonyl (C=O) groups excluding carboxylic acids is 3. The minimum Gasteiger partial charge on any atom is -0.368 e. The molecule has 1 saturated carbocycles. The smallest absolute Gasteiger partial charge is 0.253 e. The highest BCUT2D eigenvalue weighted by atomic mass is 16.5. The van der Waals surface area contributed by atoms with Gasteiger partial charge >= 0.3 is 0 Å². The Hall–Kier alpha value is -2.41. The number of rotatable bonds is 5. The number of likely N-dealkylation sites (tertiary alicyclic amines) is 1. The van der Waals surface area contributed by atoms with E-state index in [2.05, 4.69) is 10.6 Å². The molecule has 3 aliphatic rings. The molecule has 0 spiro atoms. The highest BCUT2D eigenvalue weighted by Gasteiger charge is 2.32. The quantitative estimate of drug-likeness (QED) is 0.811. The maximum Gasteiger partial charge on any atom is 0.253 e. The zero-order chi connectivity index (χ0) is 19.5. The van der Waals surface area contributed by atoms with Gasteiger partial charge in [-0.1, -0.05) is 6.07 Å². The van der Waals surface area contributed by atoms with E-state index in [0.29, 0.717) is 30.9 Å². The molecule has 3 amide bonds. The van der Waals surface area contributed by atoms with E-state index >= 15 is 0 Å². The van der Waals surface area contributed by atoms with Crippen LogP contribution in [0.1, 0.15) is 48.9 Å². The van der Waals surface area contributed by atoms with E-state index in [9.17, 15) is 14.4 Å². The number of hydrogen-bond acceptors (Lipinski definition) is 4. The Morgan fingerprint density at radius 3 is 2.46 bits per heavy atom.